The van der Waals surface area contributed by atoms with E-state index in [0.717, 1.165) is 45.4 Å². The lowest BCUT2D eigenvalue weighted by Crippen LogP contribution is -2.62. The van der Waals surface area contributed by atoms with Crippen molar-refractivity contribution in [3.8, 4) is 0 Å². The molecular weight excluding hydrogens is 382 g/mol. The Kier molecular flexibility index (Phi) is 6.89. The molecule has 3 heterocycles. The number of morpholine rings is 1. The van der Waals surface area contributed by atoms with Gasteiger partial charge in [0.25, 0.3) is 0 Å². The van der Waals surface area contributed by atoms with E-state index in [-0.39, 0.29) is 30.7 Å². The maximum atomic E-state index is 13.1. The summed E-state index contributed by atoms with van der Waals surface area (Å²) < 4.78 is 11.0. The lowest BCUT2D eigenvalue weighted by Gasteiger charge is -2.44. The van der Waals surface area contributed by atoms with Gasteiger partial charge >= 0.3 is 6.03 Å². The zero-order valence-corrected chi connectivity index (χ0v) is 17.8. The standard InChI is InChI=1S/C23H33N3O4/c1-29-14-10-19(17-5-3-2-4-6-17)18-7-11-25(12-8-18)23(28)26-13-9-21-20(15-26)24-22(27)16-30-21/h2-6,18-21H,7-16H2,1H3,(H,24,27). The van der Waals surface area contributed by atoms with Crippen molar-refractivity contribution in [3.63, 3.8) is 0 Å². The van der Waals surface area contributed by atoms with Crippen LogP contribution in [-0.4, -0.2) is 80.4 Å². The summed E-state index contributed by atoms with van der Waals surface area (Å²) in [4.78, 5) is 28.6. The molecule has 0 aromatic heterocycles. The van der Waals surface area contributed by atoms with Gasteiger partial charge in [0.1, 0.15) is 6.61 Å². The van der Waals surface area contributed by atoms with Crippen LogP contribution in [0.15, 0.2) is 30.3 Å². The molecular formula is C23H33N3O4. The third-order valence-corrected chi connectivity index (χ3v) is 6.83. The second-order valence-electron chi connectivity index (χ2n) is 8.66. The van der Waals surface area contributed by atoms with Crippen molar-refractivity contribution in [2.45, 2.75) is 43.7 Å². The minimum absolute atomic E-state index is 0.0323. The van der Waals surface area contributed by atoms with Crippen LogP contribution in [0.4, 0.5) is 4.79 Å². The number of likely N-dealkylation sites (tertiary alicyclic amines) is 2. The molecule has 3 atom stereocenters. The van der Waals surface area contributed by atoms with Gasteiger partial charge in [-0.15, -0.1) is 0 Å². The fourth-order valence-corrected chi connectivity index (χ4v) is 5.19. The van der Waals surface area contributed by atoms with Gasteiger partial charge < -0.3 is 24.6 Å². The quantitative estimate of drug-likeness (QED) is 0.801. The molecule has 30 heavy (non-hydrogen) atoms. The Bertz CT molecular complexity index is 720. The van der Waals surface area contributed by atoms with Gasteiger partial charge in [-0.25, -0.2) is 4.79 Å². The Hall–Kier alpha value is -2.12. The molecule has 164 valence electrons. The summed E-state index contributed by atoms with van der Waals surface area (Å²) in [6.45, 7) is 3.68. The van der Waals surface area contributed by atoms with Gasteiger partial charge in [0, 0.05) is 39.9 Å². The van der Waals surface area contributed by atoms with Crippen molar-refractivity contribution in [2.24, 2.45) is 5.92 Å². The van der Waals surface area contributed by atoms with Crippen LogP contribution < -0.4 is 5.32 Å². The Balaban J connectivity index is 1.33. The molecule has 1 aromatic carbocycles. The highest BCUT2D eigenvalue weighted by molar-refractivity contribution is 5.79. The number of urea groups is 1. The molecule has 3 aliphatic rings. The van der Waals surface area contributed by atoms with Crippen LogP contribution in [0.1, 0.15) is 37.2 Å². The van der Waals surface area contributed by atoms with Crippen molar-refractivity contribution in [2.75, 3.05) is 46.5 Å². The molecule has 1 aromatic rings. The first-order valence-electron chi connectivity index (χ1n) is 11.1. The topological polar surface area (TPSA) is 71.1 Å². The fraction of sp³-hybridized carbons (Fsp3) is 0.652. The first-order chi connectivity index (χ1) is 14.7. The van der Waals surface area contributed by atoms with E-state index in [2.05, 4.69) is 35.6 Å². The van der Waals surface area contributed by atoms with E-state index in [1.54, 1.807) is 7.11 Å². The van der Waals surface area contributed by atoms with Gasteiger partial charge in [0.05, 0.1) is 12.1 Å². The summed E-state index contributed by atoms with van der Waals surface area (Å²) >= 11 is 0. The summed E-state index contributed by atoms with van der Waals surface area (Å²) in [5.41, 5.74) is 1.37. The number of piperidine rings is 2. The van der Waals surface area contributed by atoms with Gasteiger partial charge in [0.2, 0.25) is 5.91 Å². The largest absolute Gasteiger partial charge is 0.385 e. The van der Waals surface area contributed by atoms with E-state index in [1.165, 1.54) is 5.56 Å². The number of nitrogens with zero attached hydrogens (tertiary/aromatic N) is 2. The van der Waals surface area contributed by atoms with E-state index in [1.807, 2.05) is 9.80 Å². The van der Waals surface area contributed by atoms with Crippen LogP contribution in [0.5, 0.6) is 0 Å². The summed E-state index contributed by atoms with van der Waals surface area (Å²) in [5.74, 6) is 0.937. The number of fused-ring (bicyclic) bond motifs is 1. The highest BCUT2D eigenvalue weighted by Gasteiger charge is 2.38. The number of ether oxygens (including phenoxy) is 2. The van der Waals surface area contributed by atoms with Gasteiger partial charge in [-0.3, -0.25) is 4.79 Å². The maximum absolute atomic E-state index is 13.1. The van der Waals surface area contributed by atoms with Crippen LogP contribution in [0.3, 0.4) is 0 Å². The average molecular weight is 416 g/mol. The Morgan fingerprint density at radius 3 is 2.63 bits per heavy atom. The number of amides is 3. The highest BCUT2D eigenvalue weighted by atomic mass is 16.5. The summed E-state index contributed by atoms with van der Waals surface area (Å²) in [6.07, 6.45) is 3.84. The third-order valence-electron chi connectivity index (χ3n) is 6.83. The van der Waals surface area contributed by atoms with Crippen LogP contribution >= 0.6 is 0 Å². The molecule has 3 aliphatic heterocycles. The second-order valence-corrected chi connectivity index (χ2v) is 8.66. The van der Waals surface area contributed by atoms with Crippen molar-refractivity contribution in [1.82, 2.24) is 15.1 Å². The molecule has 7 heteroatoms. The summed E-state index contributed by atoms with van der Waals surface area (Å²) in [6, 6.07) is 10.7. The van der Waals surface area contributed by atoms with Crippen LogP contribution in [0.2, 0.25) is 0 Å². The van der Waals surface area contributed by atoms with Crippen molar-refractivity contribution < 1.29 is 19.1 Å². The first-order valence-corrected chi connectivity index (χ1v) is 11.1. The predicted octanol–water partition coefficient (Wildman–Crippen LogP) is 2.23. The lowest BCUT2D eigenvalue weighted by atomic mass is 9.78. The predicted molar refractivity (Wildman–Crippen MR) is 113 cm³/mol. The Labute approximate surface area is 178 Å². The molecule has 0 radical (unpaired) electrons. The molecule has 3 saturated heterocycles. The van der Waals surface area contributed by atoms with Gasteiger partial charge in [0.15, 0.2) is 0 Å². The first kappa shape index (κ1) is 21.1. The van der Waals surface area contributed by atoms with Gasteiger partial charge in [-0.05, 0) is 43.1 Å². The van der Waals surface area contributed by atoms with Crippen LogP contribution in [-0.2, 0) is 14.3 Å². The molecule has 7 nitrogen and oxygen atoms in total. The molecule has 3 amide bonds. The lowest BCUT2D eigenvalue weighted by molar-refractivity contribution is -0.139. The van der Waals surface area contributed by atoms with E-state index >= 15 is 0 Å². The number of carbonyl (C=O) groups is 2. The van der Waals surface area contributed by atoms with Crippen LogP contribution in [0, 0.1) is 5.92 Å². The Morgan fingerprint density at radius 1 is 1.17 bits per heavy atom. The molecule has 1 N–H and O–H groups in total. The van der Waals surface area contributed by atoms with E-state index in [9.17, 15) is 9.59 Å². The minimum atomic E-state index is -0.0885. The van der Waals surface area contributed by atoms with Crippen molar-refractivity contribution >= 4 is 11.9 Å². The average Bonchev–Trinajstić information content (AvgIpc) is 2.79. The molecule has 0 aliphatic carbocycles. The SMILES string of the molecule is COCCC(c1ccccc1)C1CCN(C(=O)N2CCC3OCC(=O)NC3C2)CC1. The van der Waals surface area contributed by atoms with E-state index in [0.29, 0.717) is 24.9 Å². The molecule has 3 fully saturated rings. The fourth-order valence-electron chi connectivity index (χ4n) is 5.19. The molecule has 0 spiro atoms. The van der Waals surface area contributed by atoms with Gasteiger partial charge in [-0.2, -0.15) is 0 Å². The second kappa shape index (κ2) is 9.79. The summed E-state index contributed by atoms with van der Waals surface area (Å²) in [5, 5.41) is 2.98. The zero-order valence-electron chi connectivity index (χ0n) is 17.8. The number of hydrogen-bond donors (Lipinski definition) is 1. The van der Waals surface area contributed by atoms with Gasteiger partial charge in [-0.1, -0.05) is 30.3 Å². The smallest absolute Gasteiger partial charge is 0.320 e. The molecule has 0 saturated carbocycles. The number of benzene rings is 1. The normalized spacial score (nSPS) is 26.1. The monoisotopic (exact) mass is 415 g/mol. The van der Waals surface area contributed by atoms with Crippen LogP contribution in [0.25, 0.3) is 0 Å². The number of hydrogen-bond acceptors (Lipinski definition) is 4. The zero-order chi connectivity index (χ0) is 20.9. The minimum Gasteiger partial charge on any atom is -0.385 e. The summed E-state index contributed by atoms with van der Waals surface area (Å²) in [7, 11) is 1.76. The number of nitrogens with one attached hydrogen (secondary N) is 1. The van der Waals surface area contributed by atoms with E-state index < -0.39 is 0 Å². The maximum Gasteiger partial charge on any atom is 0.320 e. The third kappa shape index (κ3) is 4.78. The van der Waals surface area contributed by atoms with E-state index in [4.69, 9.17) is 9.47 Å². The Morgan fingerprint density at radius 2 is 1.90 bits per heavy atom. The number of methoxy groups -OCH3 is 1. The molecule has 3 unspecified atom stereocenters. The van der Waals surface area contributed by atoms with Crippen molar-refractivity contribution in [3.05, 3.63) is 35.9 Å². The highest BCUT2D eigenvalue weighted by Crippen LogP contribution is 2.35. The number of rotatable bonds is 5. The molecule has 0 bridgehead atoms. The molecule has 4 rings (SSSR count). The van der Waals surface area contributed by atoms with Crippen molar-refractivity contribution in [1.29, 1.82) is 0 Å². The number of carbonyl (C=O) groups excluding carboxylic acids is 2.